The van der Waals surface area contributed by atoms with Gasteiger partial charge in [0.2, 0.25) is 0 Å². The SMILES string of the molecule is COc1ccc(S(=O)(=O)Nc2ccccc2C(=O)c2cc(Br)ccc2F)cc1OC. The molecule has 156 valence electrons. The fourth-order valence-electron chi connectivity index (χ4n) is 2.77. The van der Waals surface area contributed by atoms with Crippen molar-refractivity contribution in [2.75, 3.05) is 18.9 Å². The molecule has 3 aromatic rings. The molecule has 3 aromatic carbocycles. The maximum absolute atomic E-state index is 14.2. The summed E-state index contributed by atoms with van der Waals surface area (Å²) in [5, 5.41) is 0. The molecule has 0 amide bonds. The molecule has 0 aromatic heterocycles. The fourth-order valence-corrected chi connectivity index (χ4v) is 4.23. The van der Waals surface area contributed by atoms with Gasteiger partial charge in [0, 0.05) is 16.1 Å². The Balaban J connectivity index is 2.00. The van der Waals surface area contributed by atoms with Crippen LogP contribution in [0, 0.1) is 5.82 Å². The third-order valence-electron chi connectivity index (χ3n) is 4.25. The highest BCUT2D eigenvalue weighted by Gasteiger charge is 2.22. The molecule has 0 heterocycles. The Labute approximate surface area is 181 Å². The van der Waals surface area contributed by atoms with Crippen molar-refractivity contribution in [2.24, 2.45) is 0 Å². The van der Waals surface area contributed by atoms with Crippen LogP contribution < -0.4 is 14.2 Å². The highest BCUT2D eigenvalue weighted by Crippen LogP contribution is 2.31. The zero-order valence-electron chi connectivity index (χ0n) is 16.0. The van der Waals surface area contributed by atoms with E-state index in [0.717, 1.165) is 6.07 Å². The Morgan fingerprint density at radius 2 is 1.63 bits per heavy atom. The Kier molecular flexibility index (Phi) is 6.42. The Bertz CT molecular complexity index is 1210. The van der Waals surface area contributed by atoms with Crippen LogP contribution in [0.15, 0.2) is 70.0 Å². The summed E-state index contributed by atoms with van der Waals surface area (Å²) in [6.45, 7) is 0. The molecule has 9 heteroatoms. The Morgan fingerprint density at radius 1 is 0.933 bits per heavy atom. The van der Waals surface area contributed by atoms with Crippen molar-refractivity contribution < 1.29 is 27.1 Å². The number of hydrogen-bond acceptors (Lipinski definition) is 5. The van der Waals surface area contributed by atoms with Crippen LogP contribution in [-0.2, 0) is 10.0 Å². The first-order chi connectivity index (χ1) is 14.3. The molecular formula is C21H17BrFNO5S. The van der Waals surface area contributed by atoms with E-state index in [9.17, 15) is 17.6 Å². The van der Waals surface area contributed by atoms with Gasteiger partial charge in [0.15, 0.2) is 17.3 Å². The summed E-state index contributed by atoms with van der Waals surface area (Å²) >= 11 is 3.21. The van der Waals surface area contributed by atoms with Gasteiger partial charge in [-0.3, -0.25) is 9.52 Å². The van der Waals surface area contributed by atoms with Crippen molar-refractivity contribution in [3.8, 4) is 11.5 Å². The molecule has 6 nitrogen and oxygen atoms in total. The summed E-state index contributed by atoms with van der Waals surface area (Å²) in [7, 11) is -1.24. The predicted octanol–water partition coefficient (Wildman–Crippen LogP) is 4.64. The van der Waals surface area contributed by atoms with Crippen LogP contribution in [-0.4, -0.2) is 28.4 Å². The van der Waals surface area contributed by atoms with Gasteiger partial charge in [0.1, 0.15) is 5.82 Å². The van der Waals surface area contributed by atoms with E-state index < -0.39 is 21.6 Å². The van der Waals surface area contributed by atoms with Gasteiger partial charge in [-0.05, 0) is 42.5 Å². The molecule has 0 saturated carbocycles. The number of carbonyl (C=O) groups excluding carboxylic acids is 1. The van der Waals surface area contributed by atoms with E-state index in [4.69, 9.17) is 9.47 Å². The average molecular weight is 494 g/mol. The fraction of sp³-hybridized carbons (Fsp3) is 0.0952. The minimum atomic E-state index is -4.07. The van der Waals surface area contributed by atoms with Gasteiger partial charge >= 0.3 is 0 Å². The molecule has 0 saturated heterocycles. The van der Waals surface area contributed by atoms with Crippen LogP contribution in [0.1, 0.15) is 15.9 Å². The van der Waals surface area contributed by atoms with Gasteiger partial charge in [-0.25, -0.2) is 12.8 Å². The summed E-state index contributed by atoms with van der Waals surface area (Å²) < 4.78 is 53.2. The number of para-hydroxylation sites is 1. The van der Waals surface area contributed by atoms with E-state index in [0.29, 0.717) is 10.2 Å². The molecular weight excluding hydrogens is 477 g/mol. The van der Waals surface area contributed by atoms with E-state index in [1.54, 1.807) is 12.1 Å². The van der Waals surface area contributed by atoms with Crippen molar-refractivity contribution in [1.29, 1.82) is 0 Å². The minimum absolute atomic E-state index is 0.0125. The summed E-state index contributed by atoms with van der Waals surface area (Å²) in [4.78, 5) is 12.8. The van der Waals surface area contributed by atoms with Gasteiger partial charge in [0.05, 0.1) is 30.4 Å². The molecule has 0 aliphatic rings. The molecule has 1 N–H and O–H groups in total. The molecule has 0 fully saturated rings. The summed E-state index contributed by atoms with van der Waals surface area (Å²) in [6, 6.07) is 14.1. The predicted molar refractivity (Wildman–Crippen MR) is 114 cm³/mol. The smallest absolute Gasteiger partial charge is 0.262 e. The molecule has 30 heavy (non-hydrogen) atoms. The van der Waals surface area contributed by atoms with E-state index in [1.165, 1.54) is 56.7 Å². The topological polar surface area (TPSA) is 81.7 Å². The first-order valence-electron chi connectivity index (χ1n) is 8.60. The van der Waals surface area contributed by atoms with Crippen molar-refractivity contribution >= 4 is 37.4 Å². The Hall–Kier alpha value is -2.91. The lowest BCUT2D eigenvalue weighted by Gasteiger charge is -2.14. The number of rotatable bonds is 7. The Morgan fingerprint density at radius 3 is 2.33 bits per heavy atom. The second kappa shape index (κ2) is 8.85. The number of anilines is 1. The van der Waals surface area contributed by atoms with Crippen LogP contribution in [0.3, 0.4) is 0 Å². The molecule has 0 spiro atoms. The minimum Gasteiger partial charge on any atom is -0.493 e. The number of nitrogens with one attached hydrogen (secondary N) is 1. The second-order valence-electron chi connectivity index (χ2n) is 6.12. The maximum atomic E-state index is 14.2. The summed E-state index contributed by atoms with van der Waals surface area (Å²) in [5.41, 5.74) is -0.141. The van der Waals surface area contributed by atoms with E-state index in [1.807, 2.05) is 0 Å². The molecule has 3 rings (SSSR count). The number of ketones is 1. The highest BCUT2D eigenvalue weighted by atomic mass is 79.9. The molecule has 0 atom stereocenters. The summed E-state index contributed by atoms with van der Waals surface area (Å²) in [6.07, 6.45) is 0. The largest absolute Gasteiger partial charge is 0.493 e. The average Bonchev–Trinajstić information content (AvgIpc) is 2.74. The standard InChI is InChI=1S/C21H17BrFNO5S/c1-28-19-10-8-14(12-20(19)29-2)30(26,27)24-18-6-4-3-5-15(18)21(25)16-11-13(22)7-9-17(16)23/h3-12,24H,1-2H3. The lowest BCUT2D eigenvalue weighted by atomic mass is 10.0. The third-order valence-corrected chi connectivity index (χ3v) is 6.11. The van der Waals surface area contributed by atoms with Crippen LogP contribution in [0.4, 0.5) is 10.1 Å². The lowest BCUT2D eigenvalue weighted by Crippen LogP contribution is -2.16. The number of sulfonamides is 1. The van der Waals surface area contributed by atoms with Gasteiger partial charge in [-0.15, -0.1) is 0 Å². The number of halogens is 2. The van der Waals surface area contributed by atoms with Crippen LogP contribution in [0.2, 0.25) is 0 Å². The highest BCUT2D eigenvalue weighted by molar-refractivity contribution is 9.10. The van der Waals surface area contributed by atoms with E-state index >= 15 is 0 Å². The number of carbonyl (C=O) groups is 1. The zero-order valence-corrected chi connectivity index (χ0v) is 18.4. The second-order valence-corrected chi connectivity index (χ2v) is 8.72. The maximum Gasteiger partial charge on any atom is 0.262 e. The van der Waals surface area contributed by atoms with Crippen molar-refractivity contribution in [3.05, 3.63) is 82.1 Å². The monoisotopic (exact) mass is 493 g/mol. The first-order valence-corrected chi connectivity index (χ1v) is 10.9. The van der Waals surface area contributed by atoms with E-state index in [2.05, 4.69) is 20.7 Å². The first kappa shape index (κ1) is 21.8. The summed E-state index contributed by atoms with van der Waals surface area (Å²) in [5.74, 6) is -0.752. The lowest BCUT2D eigenvalue weighted by molar-refractivity contribution is 0.103. The van der Waals surface area contributed by atoms with Crippen molar-refractivity contribution in [1.82, 2.24) is 0 Å². The number of hydrogen-bond donors (Lipinski definition) is 1. The van der Waals surface area contributed by atoms with E-state index in [-0.39, 0.29) is 27.5 Å². The van der Waals surface area contributed by atoms with Gasteiger partial charge in [0.25, 0.3) is 10.0 Å². The normalized spacial score (nSPS) is 11.1. The zero-order chi connectivity index (χ0) is 21.9. The van der Waals surface area contributed by atoms with Gasteiger partial charge in [-0.1, -0.05) is 28.1 Å². The van der Waals surface area contributed by atoms with Crippen LogP contribution in [0.25, 0.3) is 0 Å². The molecule has 0 aliphatic carbocycles. The third kappa shape index (κ3) is 4.47. The van der Waals surface area contributed by atoms with Crippen LogP contribution >= 0.6 is 15.9 Å². The van der Waals surface area contributed by atoms with Crippen LogP contribution in [0.5, 0.6) is 11.5 Å². The molecule has 0 aliphatic heterocycles. The molecule has 0 bridgehead atoms. The number of ether oxygens (including phenoxy) is 2. The molecule has 0 unspecified atom stereocenters. The van der Waals surface area contributed by atoms with Gasteiger partial charge < -0.3 is 9.47 Å². The van der Waals surface area contributed by atoms with Gasteiger partial charge in [-0.2, -0.15) is 0 Å². The van der Waals surface area contributed by atoms with Crippen molar-refractivity contribution in [2.45, 2.75) is 4.90 Å². The van der Waals surface area contributed by atoms with Crippen molar-refractivity contribution in [3.63, 3.8) is 0 Å². The molecule has 0 radical (unpaired) electrons. The number of benzene rings is 3. The quantitative estimate of drug-likeness (QED) is 0.485. The number of methoxy groups -OCH3 is 2.